The highest BCUT2D eigenvalue weighted by molar-refractivity contribution is 7.95. The molecule has 1 spiro atoms. The molecule has 0 radical (unpaired) electrons. The lowest BCUT2D eigenvalue weighted by Crippen LogP contribution is -2.77. The molecule has 2 heterocycles. The minimum absolute atomic E-state index is 0.212. The highest BCUT2D eigenvalue weighted by Crippen LogP contribution is 2.57. The third kappa shape index (κ3) is 0.942. The Balaban J connectivity index is 2.44. The highest BCUT2D eigenvalue weighted by Gasteiger charge is 2.79. The molecule has 8 heteroatoms. The molecule has 0 aromatic carbocycles. The number of rotatable bonds is 1. The van der Waals surface area contributed by atoms with Crippen molar-refractivity contribution in [2.24, 2.45) is 0 Å². The van der Waals surface area contributed by atoms with Crippen LogP contribution in [-0.4, -0.2) is 42.1 Å². The van der Waals surface area contributed by atoms with Gasteiger partial charge < -0.3 is 9.47 Å². The van der Waals surface area contributed by atoms with Gasteiger partial charge in [-0.25, -0.2) is 8.42 Å². The van der Waals surface area contributed by atoms with E-state index in [4.69, 9.17) is 32.7 Å². The molecule has 2 rings (SSSR count). The topological polar surface area (TPSA) is 55.8 Å². The van der Waals surface area contributed by atoms with Crippen LogP contribution in [-0.2, 0) is 19.5 Å². The highest BCUT2D eigenvalue weighted by atomic mass is 35.5. The zero-order valence-corrected chi connectivity index (χ0v) is 9.69. The van der Waals surface area contributed by atoms with E-state index in [1.165, 1.54) is 0 Å². The Kier molecular flexibility index (Phi) is 2.31. The van der Waals surface area contributed by atoms with E-state index in [0.29, 0.717) is 0 Å². The number of ether oxygens (including phenoxy) is 2. The van der Waals surface area contributed by atoms with E-state index in [-0.39, 0.29) is 19.8 Å². The fourth-order valence-electron chi connectivity index (χ4n) is 1.66. The van der Waals surface area contributed by atoms with E-state index >= 15 is 0 Å². The van der Waals surface area contributed by atoms with Gasteiger partial charge >= 0.3 is 3.67 Å². The molecule has 0 N–H and O–H groups in total. The van der Waals surface area contributed by atoms with Crippen molar-refractivity contribution in [3.8, 4) is 0 Å². The van der Waals surface area contributed by atoms with Crippen LogP contribution in [0.5, 0.6) is 0 Å². The first-order chi connectivity index (χ1) is 6.40. The minimum Gasteiger partial charge on any atom is -0.331 e. The van der Waals surface area contributed by atoms with Crippen LogP contribution in [0.3, 0.4) is 0 Å². The lowest BCUT2D eigenvalue weighted by molar-refractivity contribution is -0.245. The summed E-state index contributed by atoms with van der Waals surface area (Å²) in [6.07, 6.45) is 0. The van der Waals surface area contributed by atoms with Crippen molar-refractivity contribution < 1.29 is 17.9 Å². The SMILES string of the molecule is CCN1C2(OCCO2)C(Cl)(Cl)S1(=O)=O. The van der Waals surface area contributed by atoms with Gasteiger partial charge in [0.15, 0.2) is 0 Å². The maximum Gasteiger partial charge on any atom is 0.302 e. The van der Waals surface area contributed by atoms with Gasteiger partial charge in [0.05, 0.1) is 13.2 Å². The molecule has 2 aliphatic heterocycles. The predicted octanol–water partition coefficient (Wildman–Crippen LogP) is 0.484. The van der Waals surface area contributed by atoms with Gasteiger partial charge in [0.2, 0.25) is 0 Å². The standard InChI is InChI=1S/C6H9Cl2NO4S/c1-2-9-6(12-3-4-13-6)5(7,8)14(9,10)11/h2-4H2,1H3. The number of halogens is 2. The summed E-state index contributed by atoms with van der Waals surface area (Å²) in [4.78, 5) is 0. The second kappa shape index (κ2) is 2.96. The third-order valence-electron chi connectivity index (χ3n) is 2.28. The third-order valence-corrected chi connectivity index (χ3v) is 5.91. The van der Waals surface area contributed by atoms with Gasteiger partial charge in [-0.1, -0.05) is 30.1 Å². The summed E-state index contributed by atoms with van der Waals surface area (Å²) in [5.74, 6) is -1.51. The first kappa shape index (κ1) is 10.9. The molecule has 0 saturated carbocycles. The summed E-state index contributed by atoms with van der Waals surface area (Å²) in [6, 6.07) is 0. The smallest absolute Gasteiger partial charge is 0.302 e. The van der Waals surface area contributed by atoms with Gasteiger partial charge in [-0.15, -0.1) is 4.31 Å². The number of sulfonamides is 1. The summed E-state index contributed by atoms with van der Waals surface area (Å²) in [6.45, 7) is 2.44. The molecule has 2 aliphatic rings. The number of hydrogen-bond donors (Lipinski definition) is 0. The van der Waals surface area contributed by atoms with Crippen molar-refractivity contribution >= 4 is 33.2 Å². The van der Waals surface area contributed by atoms with Crippen LogP contribution in [0.2, 0.25) is 0 Å². The van der Waals surface area contributed by atoms with Crippen LogP contribution in [0, 0.1) is 0 Å². The van der Waals surface area contributed by atoms with Gasteiger partial charge in [0.25, 0.3) is 15.9 Å². The molecular formula is C6H9Cl2NO4S. The Morgan fingerprint density at radius 2 is 1.86 bits per heavy atom. The Morgan fingerprint density at radius 3 is 2.29 bits per heavy atom. The largest absolute Gasteiger partial charge is 0.331 e. The Hall–Kier alpha value is 0.410. The maximum atomic E-state index is 11.6. The molecule has 0 aromatic rings. The average molecular weight is 262 g/mol. The molecule has 0 unspecified atom stereocenters. The first-order valence-electron chi connectivity index (χ1n) is 4.08. The van der Waals surface area contributed by atoms with E-state index in [9.17, 15) is 8.42 Å². The van der Waals surface area contributed by atoms with Crippen molar-refractivity contribution in [1.29, 1.82) is 0 Å². The monoisotopic (exact) mass is 261 g/mol. The van der Waals surface area contributed by atoms with Crippen LogP contribution >= 0.6 is 23.2 Å². The van der Waals surface area contributed by atoms with Crippen molar-refractivity contribution in [1.82, 2.24) is 4.31 Å². The summed E-state index contributed by atoms with van der Waals surface area (Å²) >= 11 is 11.4. The van der Waals surface area contributed by atoms with Crippen molar-refractivity contribution in [3.05, 3.63) is 0 Å². The van der Waals surface area contributed by atoms with Crippen LogP contribution in [0.25, 0.3) is 0 Å². The van der Waals surface area contributed by atoms with Crippen LogP contribution in [0.1, 0.15) is 6.92 Å². The van der Waals surface area contributed by atoms with E-state index in [1.807, 2.05) is 0 Å². The van der Waals surface area contributed by atoms with Gasteiger partial charge in [-0.2, -0.15) is 0 Å². The second-order valence-electron chi connectivity index (χ2n) is 2.97. The van der Waals surface area contributed by atoms with Gasteiger partial charge in [0, 0.05) is 6.54 Å². The molecule has 2 fully saturated rings. The van der Waals surface area contributed by atoms with E-state index in [2.05, 4.69) is 0 Å². The molecule has 14 heavy (non-hydrogen) atoms. The van der Waals surface area contributed by atoms with Crippen molar-refractivity contribution in [2.45, 2.75) is 16.5 Å². The van der Waals surface area contributed by atoms with E-state index in [1.54, 1.807) is 6.92 Å². The molecule has 0 amide bonds. The van der Waals surface area contributed by atoms with Gasteiger partial charge in [-0.3, -0.25) is 0 Å². The van der Waals surface area contributed by atoms with Crippen molar-refractivity contribution in [3.63, 3.8) is 0 Å². The summed E-state index contributed by atoms with van der Waals surface area (Å²) < 4.78 is 32.5. The number of hydrogen-bond acceptors (Lipinski definition) is 4. The molecule has 0 bridgehead atoms. The molecule has 0 atom stereocenters. The minimum atomic E-state index is -3.73. The summed E-state index contributed by atoms with van der Waals surface area (Å²) in [5.41, 5.74) is 0. The first-order valence-corrected chi connectivity index (χ1v) is 6.28. The summed E-state index contributed by atoms with van der Waals surface area (Å²) in [7, 11) is -3.73. The molecule has 0 aliphatic carbocycles. The lowest BCUT2D eigenvalue weighted by Gasteiger charge is -2.53. The maximum absolute atomic E-state index is 11.6. The van der Waals surface area contributed by atoms with Gasteiger partial charge in [0.1, 0.15) is 0 Å². The van der Waals surface area contributed by atoms with E-state index in [0.717, 1.165) is 4.31 Å². The van der Waals surface area contributed by atoms with Gasteiger partial charge in [-0.05, 0) is 0 Å². The summed E-state index contributed by atoms with van der Waals surface area (Å²) in [5, 5.41) is 0. The molecule has 0 aromatic heterocycles. The lowest BCUT2D eigenvalue weighted by atomic mass is 10.5. The number of nitrogens with zero attached hydrogens (tertiary/aromatic N) is 1. The Labute approximate surface area is 91.9 Å². The fourth-order valence-corrected chi connectivity index (χ4v) is 4.28. The molecule has 82 valence electrons. The van der Waals surface area contributed by atoms with Crippen LogP contribution in [0.4, 0.5) is 0 Å². The quantitative estimate of drug-likeness (QED) is 0.645. The number of alkyl halides is 2. The normalized spacial score (nSPS) is 33.1. The molecule has 2 saturated heterocycles. The second-order valence-corrected chi connectivity index (χ2v) is 6.74. The zero-order valence-electron chi connectivity index (χ0n) is 7.37. The van der Waals surface area contributed by atoms with Crippen LogP contribution in [0.15, 0.2) is 0 Å². The van der Waals surface area contributed by atoms with Crippen molar-refractivity contribution in [2.75, 3.05) is 19.8 Å². The van der Waals surface area contributed by atoms with Crippen LogP contribution < -0.4 is 0 Å². The average Bonchev–Trinajstić information content (AvgIpc) is 2.55. The van der Waals surface area contributed by atoms with E-state index < -0.39 is 19.6 Å². The molecule has 5 nitrogen and oxygen atoms in total. The Morgan fingerprint density at radius 1 is 1.36 bits per heavy atom. The predicted molar refractivity (Wildman–Crippen MR) is 50.4 cm³/mol. The fraction of sp³-hybridized carbons (Fsp3) is 1.00. The Bertz CT molecular complexity index is 349. The zero-order chi connectivity index (χ0) is 10.6. The molecular weight excluding hydrogens is 253 g/mol.